The van der Waals surface area contributed by atoms with Crippen LogP contribution in [0.25, 0.3) is 90.7 Å². The summed E-state index contributed by atoms with van der Waals surface area (Å²) in [7, 11) is 0. The second kappa shape index (κ2) is 13.5. The number of rotatable bonds is 2. The SMILES string of the molecule is CC(C)(C)c1ccc(N2B3c4cc5nc(-c6ccccc6)sc5cc4-n4c5cc6c(cc5c5ccc(c3c54)-c3cc4sc5cc7c(cc5c4cc32)C(C)(C)CCC7(C)C)C(C)(C)c2ccccc2-6)cc1. The summed E-state index contributed by atoms with van der Waals surface area (Å²) in [4.78, 5) is 8.16. The first-order valence-electron chi connectivity index (χ1n) is 25.3. The highest BCUT2D eigenvalue weighted by atomic mass is 32.1. The second-order valence-electron chi connectivity index (χ2n) is 23.8. The van der Waals surface area contributed by atoms with Crippen molar-refractivity contribution in [3.63, 3.8) is 0 Å². The predicted molar refractivity (Wildman–Crippen MR) is 303 cm³/mol. The first-order chi connectivity index (χ1) is 33.5. The van der Waals surface area contributed by atoms with Crippen molar-refractivity contribution in [1.29, 1.82) is 0 Å². The molecule has 3 nitrogen and oxygen atoms in total. The Bertz CT molecular complexity index is 4140. The van der Waals surface area contributed by atoms with Gasteiger partial charge in [0, 0.05) is 64.5 Å². The van der Waals surface area contributed by atoms with Crippen LogP contribution in [0.15, 0.2) is 140 Å². The summed E-state index contributed by atoms with van der Waals surface area (Å²) in [5.74, 6) is 0. The van der Waals surface area contributed by atoms with Crippen LogP contribution in [-0.4, -0.2) is 16.4 Å². The van der Waals surface area contributed by atoms with Gasteiger partial charge in [0.05, 0.1) is 21.3 Å². The molecule has 11 aromatic rings. The fourth-order valence-electron chi connectivity index (χ4n) is 13.4. The molecule has 5 heterocycles. The molecule has 8 aromatic carbocycles. The monoisotopic (exact) mass is 939 g/mol. The number of thiophene rings is 1. The molecule has 0 radical (unpaired) electrons. The van der Waals surface area contributed by atoms with E-state index in [2.05, 4.69) is 211 Å². The normalized spacial score (nSPS) is 16.8. The highest BCUT2D eigenvalue weighted by molar-refractivity contribution is 7.26. The van der Waals surface area contributed by atoms with Crippen LogP contribution in [-0.2, 0) is 21.7 Å². The Hall–Kier alpha value is -6.47. The largest absolute Gasteiger partial charge is 0.376 e. The third-order valence-corrected chi connectivity index (χ3v) is 19.6. The molecule has 15 rings (SSSR count). The number of fused-ring (bicyclic) bond motifs is 16. The van der Waals surface area contributed by atoms with Crippen molar-refractivity contribution in [2.45, 2.75) is 96.8 Å². The van der Waals surface area contributed by atoms with Crippen molar-refractivity contribution in [1.82, 2.24) is 9.55 Å². The van der Waals surface area contributed by atoms with E-state index in [-0.39, 0.29) is 28.5 Å². The van der Waals surface area contributed by atoms with Gasteiger partial charge in [-0.15, -0.1) is 22.7 Å². The number of hydrogen-bond acceptors (Lipinski definition) is 4. The maximum absolute atomic E-state index is 5.44. The van der Waals surface area contributed by atoms with Gasteiger partial charge < -0.3 is 9.38 Å². The number of nitrogens with zero attached hydrogens (tertiary/aromatic N) is 3. The van der Waals surface area contributed by atoms with Gasteiger partial charge in [-0.2, -0.15) is 0 Å². The molecule has 70 heavy (non-hydrogen) atoms. The van der Waals surface area contributed by atoms with Gasteiger partial charge in [-0.3, -0.25) is 0 Å². The van der Waals surface area contributed by atoms with Crippen LogP contribution in [0.3, 0.4) is 0 Å². The lowest BCUT2D eigenvalue weighted by Gasteiger charge is -2.42. The van der Waals surface area contributed by atoms with Crippen LogP contribution in [0.4, 0.5) is 11.4 Å². The molecule has 2 aliphatic carbocycles. The molecule has 340 valence electrons. The van der Waals surface area contributed by atoms with E-state index in [1.165, 1.54) is 138 Å². The second-order valence-corrected chi connectivity index (χ2v) is 25.9. The molecule has 0 saturated carbocycles. The molecule has 3 aromatic heterocycles. The molecule has 2 aliphatic heterocycles. The lowest BCUT2D eigenvalue weighted by atomic mass is 9.44. The van der Waals surface area contributed by atoms with Crippen LogP contribution >= 0.6 is 22.7 Å². The average Bonchev–Trinajstić information content (AvgIpc) is 4.08. The summed E-state index contributed by atoms with van der Waals surface area (Å²) in [6, 6.07) is 54.6. The van der Waals surface area contributed by atoms with Crippen molar-refractivity contribution in [2.75, 3.05) is 4.81 Å². The van der Waals surface area contributed by atoms with Gasteiger partial charge in [-0.05, 0) is 145 Å². The highest BCUT2D eigenvalue weighted by Gasteiger charge is 2.46. The number of anilines is 2. The van der Waals surface area contributed by atoms with Crippen molar-refractivity contribution in [2.24, 2.45) is 0 Å². The zero-order valence-electron chi connectivity index (χ0n) is 41.4. The molecular weight excluding hydrogens is 886 g/mol. The molecule has 0 bridgehead atoms. The molecule has 4 aliphatic rings. The summed E-state index contributed by atoms with van der Waals surface area (Å²) in [5.41, 5.74) is 23.9. The molecule has 0 amide bonds. The van der Waals surface area contributed by atoms with Crippen molar-refractivity contribution in [3.8, 4) is 38.5 Å². The molecule has 0 saturated heterocycles. The first kappa shape index (κ1) is 41.3. The van der Waals surface area contributed by atoms with E-state index in [1.54, 1.807) is 11.3 Å². The minimum atomic E-state index is -0.110. The molecule has 0 spiro atoms. The summed E-state index contributed by atoms with van der Waals surface area (Å²) >= 11 is 3.78. The Morgan fingerprint density at radius 1 is 0.543 bits per heavy atom. The van der Waals surface area contributed by atoms with Gasteiger partial charge in [-0.25, -0.2) is 4.98 Å². The Morgan fingerprint density at radius 2 is 1.24 bits per heavy atom. The van der Waals surface area contributed by atoms with Crippen LogP contribution in [0.1, 0.15) is 103 Å². The molecule has 6 heteroatoms. The molecule has 0 unspecified atom stereocenters. The minimum Gasteiger partial charge on any atom is -0.376 e. The molecular formula is C64H54BN3S2. The zero-order chi connectivity index (χ0) is 47.5. The highest BCUT2D eigenvalue weighted by Crippen LogP contribution is 2.55. The van der Waals surface area contributed by atoms with E-state index < -0.39 is 0 Å². The third kappa shape index (κ3) is 5.39. The molecule has 0 fully saturated rings. The smallest absolute Gasteiger partial charge is 0.333 e. The van der Waals surface area contributed by atoms with Crippen molar-refractivity contribution < 1.29 is 0 Å². The van der Waals surface area contributed by atoms with E-state index in [4.69, 9.17) is 4.98 Å². The predicted octanol–water partition coefficient (Wildman–Crippen LogP) is 16.6. The molecule has 0 N–H and O–H groups in total. The average molecular weight is 940 g/mol. The van der Waals surface area contributed by atoms with E-state index in [1.807, 2.05) is 11.3 Å². The van der Waals surface area contributed by atoms with Gasteiger partial charge in [-0.1, -0.05) is 141 Å². The Kier molecular flexibility index (Phi) is 7.96. The van der Waals surface area contributed by atoms with Gasteiger partial charge in [0.2, 0.25) is 0 Å². The fraction of sp³-hybridized carbons (Fsp3) is 0.234. The summed E-state index contributed by atoms with van der Waals surface area (Å²) < 4.78 is 6.61. The van der Waals surface area contributed by atoms with Crippen LogP contribution < -0.4 is 15.7 Å². The Balaban J connectivity index is 1.07. The fourth-order valence-corrected chi connectivity index (χ4v) is 15.6. The number of benzene rings is 8. The minimum absolute atomic E-state index is 0.0285. The van der Waals surface area contributed by atoms with Crippen LogP contribution in [0.2, 0.25) is 0 Å². The summed E-state index contributed by atoms with van der Waals surface area (Å²) in [5, 5.41) is 6.43. The Morgan fingerprint density at radius 3 is 2.01 bits per heavy atom. The quantitative estimate of drug-likeness (QED) is 0.161. The van der Waals surface area contributed by atoms with E-state index in [0.29, 0.717) is 0 Å². The van der Waals surface area contributed by atoms with E-state index >= 15 is 0 Å². The van der Waals surface area contributed by atoms with Gasteiger partial charge >= 0.3 is 6.85 Å². The van der Waals surface area contributed by atoms with Crippen molar-refractivity contribution >= 4 is 104 Å². The Labute approximate surface area is 418 Å². The summed E-state index contributed by atoms with van der Waals surface area (Å²) in [6.07, 6.45) is 2.41. The standard InChI is InChI=1S/C64H54BN3S2/c1-61(2,3)36-19-21-37(22-20-36)68-53-30-45-44-28-48-49(63(6,7)26-25-62(48,4)5)32-56(44)69-55(45)31-43(53)39-23-24-40-42-27-47-41(38-17-13-14-18-46(38)64(47,8)9)29-52(42)67-54-34-57-51(33-50(54)65(68)58(39)59(40)67)66-60(70-57)35-15-11-10-12-16-35/h10-24,27-34H,25-26H2,1-9H3. The van der Waals surface area contributed by atoms with Crippen molar-refractivity contribution in [3.05, 3.63) is 167 Å². The maximum Gasteiger partial charge on any atom is 0.333 e. The lowest BCUT2D eigenvalue weighted by molar-refractivity contribution is 0.332. The number of aromatic nitrogens is 2. The van der Waals surface area contributed by atoms with E-state index in [9.17, 15) is 0 Å². The zero-order valence-corrected chi connectivity index (χ0v) is 43.1. The van der Waals surface area contributed by atoms with E-state index in [0.717, 1.165) is 16.1 Å². The topological polar surface area (TPSA) is 21.1 Å². The number of hydrogen-bond donors (Lipinski definition) is 0. The van der Waals surface area contributed by atoms with Crippen LogP contribution in [0.5, 0.6) is 0 Å². The number of thiazole rings is 1. The maximum atomic E-state index is 5.44. The van der Waals surface area contributed by atoms with Gasteiger partial charge in [0.25, 0.3) is 0 Å². The van der Waals surface area contributed by atoms with Crippen LogP contribution in [0, 0.1) is 0 Å². The third-order valence-electron chi connectivity index (χ3n) is 17.4. The lowest BCUT2D eigenvalue weighted by Crippen LogP contribution is -2.60. The van der Waals surface area contributed by atoms with Gasteiger partial charge in [0.1, 0.15) is 5.01 Å². The summed E-state index contributed by atoms with van der Waals surface area (Å²) in [6.45, 7) is 21.5. The molecule has 0 atom stereocenters. The first-order valence-corrected chi connectivity index (χ1v) is 26.9. The van der Waals surface area contributed by atoms with Gasteiger partial charge in [0.15, 0.2) is 0 Å².